The predicted octanol–water partition coefficient (Wildman–Crippen LogP) is 0.305. The van der Waals surface area contributed by atoms with Gasteiger partial charge < -0.3 is 9.80 Å². The molecule has 0 atom stereocenters. The molecule has 100 valence electrons. The summed E-state index contributed by atoms with van der Waals surface area (Å²) in [6.07, 6.45) is 0. The van der Waals surface area contributed by atoms with E-state index in [9.17, 15) is 14.4 Å². The van der Waals surface area contributed by atoms with Gasteiger partial charge in [0.05, 0.1) is 0 Å². The first-order valence-electron chi connectivity index (χ1n) is 5.84. The van der Waals surface area contributed by atoms with Crippen molar-refractivity contribution in [3.63, 3.8) is 0 Å². The van der Waals surface area contributed by atoms with Crippen molar-refractivity contribution < 1.29 is 14.4 Å². The van der Waals surface area contributed by atoms with E-state index in [0.717, 1.165) is 10.5 Å². The standard InChI is InChI=1S/C12H19N3O3/c1-5-14(6-9(2)3)10(16)8-15-11(17)7-13(4)12(15)18/h2,5-8H2,1,3-4H3. The van der Waals surface area contributed by atoms with Crippen molar-refractivity contribution in [2.75, 3.05) is 33.2 Å². The van der Waals surface area contributed by atoms with E-state index in [1.54, 1.807) is 4.90 Å². The molecular formula is C12H19N3O3. The van der Waals surface area contributed by atoms with Gasteiger partial charge in [0, 0.05) is 20.1 Å². The van der Waals surface area contributed by atoms with Crippen LogP contribution in [0.3, 0.4) is 0 Å². The zero-order valence-electron chi connectivity index (χ0n) is 11.1. The van der Waals surface area contributed by atoms with Gasteiger partial charge in [0.25, 0.3) is 5.91 Å². The van der Waals surface area contributed by atoms with Gasteiger partial charge in [0.1, 0.15) is 13.1 Å². The van der Waals surface area contributed by atoms with E-state index < -0.39 is 6.03 Å². The summed E-state index contributed by atoms with van der Waals surface area (Å²) in [6.45, 7) is 8.25. The topological polar surface area (TPSA) is 60.9 Å². The molecule has 0 unspecified atom stereocenters. The lowest BCUT2D eigenvalue weighted by atomic mass is 10.3. The lowest BCUT2D eigenvalue weighted by molar-refractivity contribution is -0.136. The number of nitrogens with zero attached hydrogens (tertiary/aromatic N) is 3. The van der Waals surface area contributed by atoms with Crippen LogP contribution in [-0.2, 0) is 9.59 Å². The number of carbonyl (C=O) groups is 3. The average Bonchev–Trinajstić information content (AvgIpc) is 2.52. The summed E-state index contributed by atoms with van der Waals surface area (Å²) in [6, 6.07) is -0.417. The first kappa shape index (κ1) is 14.2. The summed E-state index contributed by atoms with van der Waals surface area (Å²) >= 11 is 0. The predicted molar refractivity (Wildman–Crippen MR) is 66.8 cm³/mol. The smallest absolute Gasteiger partial charge is 0.327 e. The molecule has 1 aliphatic heterocycles. The zero-order valence-corrected chi connectivity index (χ0v) is 11.1. The minimum Gasteiger partial charge on any atom is -0.337 e. The largest absolute Gasteiger partial charge is 0.337 e. The van der Waals surface area contributed by atoms with Gasteiger partial charge >= 0.3 is 6.03 Å². The summed E-state index contributed by atoms with van der Waals surface area (Å²) < 4.78 is 0. The zero-order chi connectivity index (χ0) is 13.9. The second kappa shape index (κ2) is 5.66. The Bertz CT molecular complexity index is 392. The van der Waals surface area contributed by atoms with Crippen LogP contribution in [0.1, 0.15) is 13.8 Å². The Labute approximate surface area is 107 Å². The first-order chi connectivity index (χ1) is 8.36. The van der Waals surface area contributed by atoms with Crippen molar-refractivity contribution in [1.29, 1.82) is 0 Å². The van der Waals surface area contributed by atoms with Gasteiger partial charge in [-0.1, -0.05) is 12.2 Å². The maximum atomic E-state index is 12.0. The van der Waals surface area contributed by atoms with Crippen LogP contribution in [0.5, 0.6) is 0 Å². The molecule has 0 aromatic rings. The summed E-state index contributed by atoms with van der Waals surface area (Å²) in [7, 11) is 1.54. The molecule has 0 bridgehead atoms. The average molecular weight is 253 g/mol. The third-order valence-electron chi connectivity index (χ3n) is 2.72. The fraction of sp³-hybridized carbons (Fsp3) is 0.583. The molecule has 0 spiro atoms. The van der Waals surface area contributed by atoms with E-state index in [1.165, 1.54) is 11.9 Å². The molecule has 0 aliphatic carbocycles. The van der Waals surface area contributed by atoms with E-state index in [-0.39, 0.29) is 24.9 Å². The number of hydrogen-bond donors (Lipinski definition) is 0. The molecule has 4 amide bonds. The van der Waals surface area contributed by atoms with Crippen molar-refractivity contribution in [2.24, 2.45) is 0 Å². The Hall–Kier alpha value is -1.85. The van der Waals surface area contributed by atoms with Gasteiger partial charge in [0.2, 0.25) is 5.91 Å². The SMILES string of the molecule is C=C(C)CN(CC)C(=O)CN1C(=O)CN(C)C1=O. The fourth-order valence-electron chi connectivity index (χ4n) is 1.76. The monoisotopic (exact) mass is 253 g/mol. The maximum Gasteiger partial charge on any atom is 0.327 e. The van der Waals surface area contributed by atoms with Crippen LogP contribution in [0, 0.1) is 0 Å². The molecule has 0 aromatic carbocycles. The van der Waals surface area contributed by atoms with Crippen LogP contribution < -0.4 is 0 Å². The Morgan fingerprint density at radius 3 is 2.44 bits per heavy atom. The Kier molecular flexibility index (Phi) is 4.47. The Morgan fingerprint density at radius 2 is 2.06 bits per heavy atom. The van der Waals surface area contributed by atoms with Gasteiger partial charge in [-0.25, -0.2) is 4.79 Å². The highest BCUT2D eigenvalue weighted by molar-refractivity contribution is 6.04. The quantitative estimate of drug-likeness (QED) is 0.523. The number of likely N-dealkylation sites (N-methyl/N-ethyl adjacent to an activating group) is 2. The van der Waals surface area contributed by atoms with Gasteiger partial charge in [-0.15, -0.1) is 0 Å². The maximum absolute atomic E-state index is 12.0. The van der Waals surface area contributed by atoms with Crippen LogP contribution in [0.2, 0.25) is 0 Å². The van der Waals surface area contributed by atoms with E-state index >= 15 is 0 Å². The second-order valence-electron chi connectivity index (χ2n) is 4.48. The van der Waals surface area contributed by atoms with Crippen molar-refractivity contribution in [3.05, 3.63) is 12.2 Å². The van der Waals surface area contributed by atoms with E-state index in [4.69, 9.17) is 0 Å². The lowest BCUT2D eigenvalue weighted by Gasteiger charge is -2.23. The first-order valence-corrected chi connectivity index (χ1v) is 5.84. The molecule has 1 fully saturated rings. The van der Waals surface area contributed by atoms with Gasteiger partial charge in [-0.2, -0.15) is 0 Å². The summed E-state index contributed by atoms with van der Waals surface area (Å²) in [5.74, 6) is -0.570. The number of imide groups is 1. The molecule has 0 radical (unpaired) electrons. The highest BCUT2D eigenvalue weighted by Gasteiger charge is 2.35. The normalized spacial score (nSPS) is 15.3. The van der Waals surface area contributed by atoms with Gasteiger partial charge in [-0.05, 0) is 13.8 Å². The van der Waals surface area contributed by atoms with Gasteiger partial charge in [-0.3, -0.25) is 14.5 Å². The number of carbonyl (C=O) groups excluding carboxylic acids is 3. The highest BCUT2D eigenvalue weighted by Crippen LogP contribution is 2.08. The molecule has 1 heterocycles. The lowest BCUT2D eigenvalue weighted by Crippen LogP contribution is -2.43. The van der Waals surface area contributed by atoms with Crippen molar-refractivity contribution >= 4 is 17.8 Å². The molecule has 1 saturated heterocycles. The highest BCUT2D eigenvalue weighted by atomic mass is 16.2. The Morgan fingerprint density at radius 1 is 1.44 bits per heavy atom. The van der Waals surface area contributed by atoms with Gasteiger partial charge in [0.15, 0.2) is 0 Å². The Balaban J connectivity index is 2.66. The van der Waals surface area contributed by atoms with Crippen LogP contribution >= 0.6 is 0 Å². The molecule has 18 heavy (non-hydrogen) atoms. The van der Waals surface area contributed by atoms with Crippen LogP contribution in [-0.4, -0.2) is 65.8 Å². The molecule has 1 aliphatic rings. The molecule has 1 rings (SSSR count). The summed E-state index contributed by atoms with van der Waals surface area (Å²) in [4.78, 5) is 39.0. The summed E-state index contributed by atoms with van der Waals surface area (Å²) in [5.41, 5.74) is 0.862. The summed E-state index contributed by atoms with van der Waals surface area (Å²) in [5, 5.41) is 0. The number of hydrogen-bond acceptors (Lipinski definition) is 3. The van der Waals surface area contributed by atoms with E-state index in [0.29, 0.717) is 13.1 Å². The van der Waals surface area contributed by atoms with E-state index in [2.05, 4.69) is 6.58 Å². The van der Waals surface area contributed by atoms with Crippen LogP contribution in [0.25, 0.3) is 0 Å². The van der Waals surface area contributed by atoms with E-state index in [1.807, 2.05) is 13.8 Å². The molecule has 6 heteroatoms. The second-order valence-corrected chi connectivity index (χ2v) is 4.48. The fourth-order valence-corrected chi connectivity index (χ4v) is 1.76. The molecule has 0 N–H and O–H groups in total. The molecular weight excluding hydrogens is 234 g/mol. The number of rotatable bonds is 5. The third-order valence-corrected chi connectivity index (χ3v) is 2.72. The van der Waals surface area contributed by atoms with Crippen molar-refractivity contribution in [3.8, 4) is 0 Å². The number of urea groups is 1. The number of amides is 4. The third kappa shape index (κ3) is 3.09. The van der Waals surface area contributed by atoms with Crippen molar-refractivity contribution in [2.45, 2.75) is 13.8 Å². The minimum absolute atomic E-state index is 0.0404. The van der Waals surface area contributed by atoms with Crippen molar-refractivity contribution in [1.82, 2.24) is 14.7 Å². The van der Waals surface area contributed by atoms with Crippen LogP contribution in [0.4, 0.5) is 4.79 Å². The van der Waals surface area contributed by atoms with Crippen LogP contribution in [0.15, 0.2) is 12.2 Å². The minimum atomic E-state index is -0.417. The molecule has 0 aromatic heterocycles. The molecule has 0 saturated carbocycles. The molecule has 6 nitrogen and oxygen atoms in total.